The van der Waals surface area contributed by atoms with E-state index in [1.54, 1.807) is 0 Å². The van der Waals surface area contributed by atoms with E-state index in [9.17, 15) is 0 Å². The Kier molecular flexibility index (Phi) is 4.81. The third kappa shape index (κ3) is 3.69. The van der Waals surface area contributed by atoms with Gasteiger partial charge in [-0.05, 0) is 24.1 Å². The van der Waals surface area contributed by atoms with Gasteiger partial charge < -0.3 is 4.74 Å². The van der Waals surface area contributed by atoms with E-state index in [0.717, 1.165) is 18.8 Å². The van der Waals surface area contributed by atoms with E-state index in [0.29, 0.717) is 0 Å². The molecule has 0 spiro atoms. The summed E-state index contributed by atoms with van der Waals surface area (Å²) in [6.07, 6.45) is 1.04. The lowest BCUT2D eigenvalue weighted by Crippen LogP contribution is -1.94. The Morgan fingerprint density at radius 1 is 1.23 bits per heavy atom. The van der Waals surface area contributed by atoms with Crippen molar-refractivity contribution in [3.8, 4) is 5.75 Å². The Hall–Kier alpha value is -0.0200. The van der Waals surface area contributed by atoms with Gasteiger partial charge in [0.25, 0.3) is 0 Å². The van der Waals surface area contributed by atoms with Gasteiger partial charge in [0.15, 0.2) is 0 Å². The molecule has 0 N–H and O–H groups in total. The summed E-state index contributed by atoms with van der Waals surface area (Å²) in [5.41, 5.74) is 1.20. The number of benzene rings is 1. The first-order valence-electron chi connectivity index (χ1n) is 4.25. The Morgan fingerprint density at radius 3 is 2.31 bits per heavy atom. The van der Waals surface area contributed by atoms with Crippen molar-refractivity contribution in [1.82, 2.24) is 0 Å². The highest BCUT2D eigenvalue weighted by molar-refractivity contribution is 9.24. The molecular formula is C10H12Br2O. The van der Waals surface area contributed by atoms with Crippen LogP contribution in [-0.2, 0) is 0 Å². The molecule has 0 saturated heterocycles. The fraction of sp³-hybridized carbons (Fsp3) is 0.400. The van der Waals surface area contributed by atoms with Crippen LogP contribution in [0.25, 0.3) is 0 Å². The van der Waals surface area contributed by atoms with Gasteiger partial charge in [-0.15, -0.1) is 0 Å². The fourth-order valence-corrected chi connectivity index (χ4v) is 1.54. The smallest absolute Gasteiger partial charge is 0.119 e. The summed E-state index contributed by atoms with van der Waals surface area (Å²) in [6, 6.07) is 8.05. The molecule has 1 aromatic rings. The van der Waals surface area contributed by atoms with Crippen LogP contribution in [0, 0.1) is 0 Å². The molecule has 0 bridgehead atoms. The predicted octanol–water partition coefficient (Wildman–Crippen LogP) is 4.26. The molecule has 72 valence electrons. The van der Waals surface area contributed by atoms with Crippen molar-refractivity contribution in [3.05, 3.63) is 29.8 Å². The lowest BCUT2D eigenvalue weighted by atomic mass is 10.2. The van der Waals surface area contributed by atoms with Gasteiger partial charge >= 0.3 is 0 Å². The Balaban J connectivity index is 2.59. The maximum Gasteiger partial charge on any atom is 0.119 e. The monoisotopic (exact) mass is 306 g/mol. The molecule has 0 aliphatic heterocycles. The zero-order chi connectivity index (χ0) is 9.68. The molecule has 0 aliphatic carbocycles. The molecule has 0 radical (unpaired) electrons. The standard InChI is InChI=1S/C10H12Br2O/c1-2-7-13-9-5-3-8(4-6-9)10(11)12/h3-6,10H,2,7H2,1H3. The SMILES string of the molecule is CCCOc1ccc(C(Br)Br)cc1. The number of halogens is 2. The van der Waals surface area contributed by atoms with Gasteiger partial charge in [0.2, 0.25) is 0 Å². The van der Waals surface area contributed by atoms with Gasteiger partial charge in [-0.3, -0.25) is 0 Å². The van der Waals surface area contributed by atoms with E-state index in [1.807, 2.05) is 24.3 Å². The lowest BCUT2D eigenvalue weighted by Gasteiger charge is -2.06. The molecule has 1 rings (SSSR count). The molecule has 0 aliphatic rings. The van der Waals surface area contributed by atoms with Crippen LogP contribution in [-0.4, -0.2) is 6.61 Å². The van der Waals surface area contributed by atoms with Crippen LogP contribution in [0.15, 0.2) is 24.3 Å². The van der Waals surface area contributed by atoms with E-state index < -0.39 is 0 Å². The molecule has 0 aromatic heterocycles. The van der Waals surface area contributed by atoms with E-state index in [2.05, 4.69) is 38.8 Å². The molecule has 3 heteroatoms. The molecule has 0 heterocycles. The fourth-order valence-electron chi connectivity index (χ4n) is 0.929. The number of alkyl halides is 2. The number of hydrogen-bond acceptors (Lipinski definition) is 1. The third-order valence-corrected chi connectivity index (χ3v) is 2.66. The van der Waals surface area contributed by atoms with Gasteiger partial charge in [-0.1, -0.05) is 50.9 Å². The second kappa shape index (κ2) is 5.66. The van der Waals surface area contributed by atoms with Crippen molar-refractivity contribution in [2.75, 3.05) is 6.61 Å². The quantitative estimate of drug-likeness (QED) is 0.755. The summed E-state index contributed by atoms with van der Waals surface area (Å²) in [4.78, 5) is 0. The van der Waals surface area contributed by atoms with Crippen LogP contribution >= 0.6 is 31.9 Å². The van der Waals surface area contributed by atoms with Crippen LogP contribution in [0.1, 0.15) is 22.6 Å². The molecule has 0 saturated carbocycles. The first-order valence-corrected chi connectivity index (χ1v) is 6.08. The Bertz CT molecular complexity index is 244. The predicted molar refractivity (Wildman–Crippen MR) is 62.8 cm³/mol. The molecule has 1 nitrogen and oxygen atoms in total. The largest absolute Gasteiger partial charge is 0.494 e. The van der Waals surface area contributed by atoms with Crippen LogP contribution in [0.4, 0.5) is 0 Å². The minimum absolute atomic E-state index is 0.222. The van der Waals surface area contributed by atoms with Gasteiger partial charge in [-0.25, -0.2) is 0 Å². The Morgan fingerprint density at radius 2 is 1.85 bits per heavy atom. The van der Waals surface area contributed by atoms with Crippen molar-refractivity contribution in [3.63, 3.8) is 0 Å². The van der Waals surface area contributed by atoms with E-state index in [4.69, 9.17) is 4.74 Å². The lowest BCUT2D eigenvalue weighted by molar-refractivity contribution is 0.317. The molecule has 13 heavy (non-hydrogen) atoms. The molecular weight excluding hydrogens is 296 g/mol. The summed E-state index contributed by atoms with van der Waals surface area (Å²) >= 11 is 6.87. The maximum atomic E-state index is 5.46. The zero-order valence-electron chi connectivity index (χ0n) is 7.47. The van der Waals surface area contributed by atoms with Crippen LogP contribution < -0.4 is 4.74 Å². The van der Waals surface area contributed by atoms with E-state index in [1.165, 1.54) is 5.56 Å². The molecule has 0 fully saturated rings. The van der Waals surface area contributed by atoms with Gasteiger partial charge in [0.1, 0.15) is 5.75 Å². The second-order valence-electron chi connectivity index (χ2n) is 2.72. The van der Waals surface area contributed by atoms with Crippen LogP contribution in [0.5, 0.6) is 5.75 Å². The van der Waals surface area contributed by atoms with Crippen molar-refractivity contribution in [2.24, 2.45) is 0 Å². The molecule has 0 unspecified atom stereocenters. The molecule has 0 amide bonds. The van der Waals surface area contributed by atoms with Crippen LogP contribution in [0.2, 0.25) is 0 Å². The number of hydrogen-bond donors (Lipinski definition) is 0. The first-order chi connectivity index (χ1) is 6.24. The highest BCUT2D eigenvalue weighted by Gasteiger charge is 2.01. The zero-order valence-corrected chi connectivity index (χ0v) is 10.6. The van der Waals surface area contributed by atoms with E-state index >= 15 is 0 Å². The first kappa shape index (κ1) is 11.1. The van der Waals surface area contributed by atoms with Crippen molar-refractivity contribution < 1.29 is 4.74 Å². The number of rotatable bonds is 4. The van der Waals surface area contributed by atoms with Gasteiger partial charge in [0, 0.05) is 0 Å². The highest BCUT2D eigenvalue weighted by atomic mass is 79.9. The van der Waals surface area contributed by atoms with Crippen molar-refractivity contribution in [1.29, 1.82) is 0 Å². The summed E-state index contributed by atoms with van der Waals surface area (Å²) in [7, 11) is 0. The average molecular weight is 308 g/mol. The highest BCUT2D eigenvalue weighted by Crippen LogP contribution is 2.29. The molecule has 1 aromatic carbocycles. The van der Waals surface area contributed by atoms with Crippen LogP contribution in [0.3, 0.4) is 0 Å². The third-order valence-electron chi connectivity index (χ3n) is 1.60. The van der Waals surface area contributed by atoms with Gasteiger partial charge in [-0.2, -0.15) is 0 Å². The summed E-state index contributed by atoms with van der Waals surface area (Å²) in [6.45, 7) is 2.88. The normalized spacial score (nSPS) is 10.5. The van der Waals surface area contributed by atoms with Gasteiger partial charge in [0.05, 0.1) is 10.3 Å². The topological polar surface area (TPSA) is 9.23 Å². The number of ether oxygens (including phenoxy) is 1. The summed E-state index contributed by atoms with van der Waals surface area (Å²) in [5.74, 6) is 0.936. The summed E-state index contributed by atoms with van der Waals surface area (Å²) in [5, 5.41) is 0. The maximum absolute atomic E-state index is 5.46. The van der Waals surface area contributed by atoms with E-state index in [-0.39, 0.29) is 3.74 Å². The Labute approximate surface area is 95.7 Å². The average Bonchev–Trinajstić information content (AvgIpc) is 2.15. The minimum Gasteiger partial charge on any atom is -0.494 e. The van der Waals surface area contributed by atoms with Crippen molar-refractivity contribution in [2.45, 2.75) is 17.1 Å². The van der Waals surface area contributed by atoms with Crippen molar-refractivity contribution >= 4 is 31.9 Å². The molecule has 0 atom stereocenters. The minimum atomic E-state index is 0.222. The second-order valence-corrected chi connectivity index (χ2v) is 5.78. The summed E-state index contributed by atoms with van der Waals surface area (Å²) < 4.78 is 5.68.